The quantitative estimate of drug-likeness (QED) is 0.738. The van der Waals surface area contributed by atoms with Crippen LogP contribution in [0.3, 0.4) is 0 Å². The second-order valence-electron chi connectivity index (χ2n) is 2.98. The predicted octanol–water partition coefficient (Wildman–Crippen LogP) is 0.283. The Bertz CT molecular complexity index is 495. The standard InChI is InChI=1S/C8H11IN2O3S/c1-2-15(13,14)4-3-11-6-10-5-7(9)8(11)12/h5-6H,2-4H2,1H3. The summed E-state index contributed by atoms with van der Waals surface area (Å²) in [6, 6.07) is 0. The molecule has 0 aliphatic rings. The van der Waals surface area contributed by atoms with Gasteiger partial charge >= 0.3 is 0 Å². The molecule has 0 amide bonds. The van der Waals surface area contributed by atoms with E-state index in [4.69, 9.17) is 0 Å². The van der Waals surface area contributed by atoms with Crippen molar-refractivity contribution in [3.63, 3.8) is 0 Å². The second kappa shape index (κ2) is 5.06. The molecule has 1 aromatic heterocycles. The van der Waals surface area contributed by atoms with Crippen molar-refractivity contribution in [1.82, 2.24) is 9.55 Å². The molecular formula is C8H11IN2O3S. The van der Waals surface area contributed by atoms with E-state index in [2.05, 4.69) is 4.98 Å². The summed E-state index contributed by atoms with van der Waals surface area (Å²) in [5.74, 6) is 0.0737. The highest BCUT2D eigenvalue weighted by atomic mass is 127. The largest absolute Gasteiger partial charge is 0.297 e. The van der Waals surface area contributed by atoms with Crippen LogP contribution in [0.25, 0.3) is 0 Å². The van der Waals surface area contributed by atoms with Gasteiger partial charge in [0.1, 0.15) is 0 Å². The molecule has 0 saturated heterocycles. The first kappa shape index (κ1) is 12.6. The van der Waals surface area contributed by atoms with Crippen LogP contribution in [0.2, 0.25) is 0 Å². The lowest BCUT2D eigenvalue weighted by molar-refractivity contribution is 0.587. The number of halogens is 1. The zero-order chi connectivity index (χ0) is 11.5. The van der Waals surface area contributed by atoms with E-state index in [0.717, 1.165) is 0 Å². The van der Waals surface area contributed by atoms with Crippen LogP contribution in [-0.2, 0) is 16.4 Å². The monoisotopic (exact) mass is 342 g/mol. The lowest BCUT2D eigenvalue weighted by Crippen LogP contribution is -2.26. The fourth-order valence-electron chi connectivity index (χ4n) is 0.965. The van der Waals surface area contributed by atoms with Crippen molar-refractivity contribution in [3.8, 4) is 0 Å². The molecule has 15 heavy (non-hydrogen) atoms. The smallest absolute Gasteiger partial charge is 0.266 e. The first-order chi connectivity index (χ1) is 6.96. The summed E-state index contributed by atoms with van der Waals surface area (Å²) in [5.41, 5.74) is -0.197. The molecular weight excluding hydrogens is 331 g/mol. The van der Waals surface area contributed by atoms with E-state index >= 15 is 0 Å². The third kappa shape index (κ3) is 3.56. The second-order valence-corrected chi connectivity index (χ2v) is 6.61. The first-order valence-corrected chi connectivity index (χ1v) is 7.26. The maximum Gasteiger partial charge on any atom is 0.266 e. The van der Waals surface area contributed by atoms with Gasteiger partial charge in [-0.3, -0.25) is 9.36 Å². The highest BCUT2D eigenvalue weighted by Gasteiger charge is 2.08. The van der Waals surface area contributed by atoms with Gasteiger partial charge in [0.15, 0.2) is 9.84 Å². The summed E-state index contributed by atoms with van der Waals surface area (Å²) >= 11 is 1.87. The average Bonchev–Trinajstić information content (AvgIpc) is 2.20. The van der Waals surface area contributed by atoms with Crippen LogP contribution in [0.5, 0.6) is 0 Å². The molecule has 0 aromatic carbocycles. The molecule has 0 N–H and O–H groups in total. The molecule has 0 atom stereocenters. The molecule has 1 heterocycles. The molecule has 1 rings (SSSR count). The summed E-state index contributed by atoms with van der Waals surface area (Å²) in [6.07, 6.45) is 2.81. The molecule has 0 bridgehead atoms. The fourth-order valence-corrected chi connectivity index (χ4v) is 2.20. The Balaban J connectivity index is 2.84. The van der Waals surface area contributed by atoms with Crippen LogP contribution in [0.15, 0.2) is 17.3 Å². The van der Waals surface area contributed by atoms with Gasteiger partial charge < -0.3 is 0 Å². The summed E-state index contributed by atoms with van der Waals surface area (Å²) in [7, 11) is -3.04. The van der Waals surface area contributed by atoms with Crippen molar-refractivity contribution >= 4 is 32.4 Å². The van der Waals surface area contributed by atoms with Gasteiger partial charge in [-0.1, -0.05) is 6.92 Å². The third-order valence-electron chi connectivity index (χ3n) is 1.94. The summed E-state index contributed by atoms with van der Waals surface area (Å²) in [5, 5.41) is 0. The molecule has 7 heteroatoms. The van der Waals surface area contributed by atoms with E-state index in [9.17, 15) is 13.2 Å². The SMILES string of the molecule is CCS(=O)(=O)CCn1cncc(I)c1=O. The lowest BCUT2D eigenvalue weighted by atomic mass is 10.6. The van der Waals surface area contributed by atoms with Crippen LogP contribution < -0.4 is 5.56 Å². The lowest BCUT2D eigenvalue weighted by Gasteiger charge is -2.04. The Morgan fingerprint density at radius 2 is 2.20 bits per heavy atom. The van der Waals surface area contributed by atoms with Gasteiger partial charge in [0.25, 0.3) is 5.56 Å². The maximum atomic E-state index is 11.5. The number of aryl methyl sites for hydroxylation is 1. The number of hydrogen-bond donors (Lipinski definition) is 0. The van der Waals surface area contributed by atoms with Gasteiger partial charge in [-0.2, -0.15) is 0 Å². The molecule has 1 aromatic rings. The first-order valence-electron chi connectivity index (χ1n) is 4.36. The number of sulfone groups is 1. The van der Waals surface area contributed by atoms with Crippen LogP contribution in [0.4, 0.5) is 0 Å². The van der Waals surface area contributed by atoms with Gasteiger partial charge in [0.05, 0.1) is 15.7 Å². The Morgan fingerprint density at radius 1 is 1.53 bits per heavy atom. The Kier molecular flexibility index (Phi) is 4.26. The predicted molar refractivity (Wildman–Crippen MR) is 65.5 cm³/mol. The van der Waals surface area contributed by atoms with E-state index in [-0.39, 0.29) is 23.6 Å². The van der Waals surface area contributed by atoms with Gasteiger partial charge in [-0.25, -0.2) is 13.4 Å². The van der Waals surface area contributed by atoms with E-state index in [0.29, 0.717) is 3.57 Å². The van der Waals surface area contributed by atoms with Crippen LogP contribution >= 0.6 is 22.6 Å². The summed E-state index contributed by atoms with van der Waals surface area (Å²) < 4.78 is 24.3. The zero-order valence-corrected chi connectivity index (χ0v) is 11.2. The zero-order valence-electron chi connectivity index (χ0n) is 8.18. The minimum absolute atomic E-state index is 0.0226. The normalized spacial score (nSPS) is 11.6. The van der Waals surface area contributed by atoms with E-state index in [1.807, 2.05) is 22.6 Å². The minimum Gasteiger partial charge on any atom is -0.297 e. The minimum atomic E-state index is -3.04. The van der Waals surface area contributed by atoms with Crippen molar-refractivity contribution in [2.45, 2.75) is 13.5 Å². The fraction of sp³-hybridized carbons (Fsp3) is 0.500. The van der Waals surface area contributed by atoms with E-state index in [1.54, 1.807) is 6.92 Å². The highest BCUT2D eigenvalue weighted by Crippen LogP contribution is 1.95. The Labute approximate surface area is 102 Å². The van der Waals surface area contributed by atoms with Crippen LogP contribution in [-0.4, -0.2) is 29.5 Å². The molecule has 0 unspecified atom stereocenters. The highest BCUT2D eigenvalue weighted by molar-refractivity contribution is 14.1. The molecule has 0 aliphatic heterocycles. The number of aromatic nitrogens is 2. The van der Waals surface area contributed by atoms with Crippen molar-refractivity contribution in [3.05, 3.63) is 26.4 Å². The van der Waals surface area contributed by atoms with Crippen molar-refractivity contribution in [2.75, 3.05) is 11.5 Å². The third-order valence-corrected chi connectivity index (χ3v) is 4.37. The van der Waals surface area contributed by atoms with Gasteiger partial charge in [-0.15, -0.1) is 0 Å². The average molecular weight is 342 g/mol. The topological polar surface area (TPSA) is 69.0 Å². The van der Waals surface area contributed by atoms with E-state index in [1.165, 1.54) is 17.1 Å². The molecule has 0 spiro atoms. The number of hydrogen-bond acceptors (Lipinski definition) is 4. The van der Waals surface area contributed by atoms with Crippen LogP contribution in [0.1, 0.15) is 6.92 Å². The van der Waals surface area contributed by atoms with Crippen molar-refractivity contribution < 1.29 is 8.42 Å². The number of rotatable bonds is 4. The van der Waals surface area contributed by atoms with Crippen molar-refractivity contribution in [1.29, 1.82) is 0 Å². The van der Waals surface area contributed by atoms with Gasteiger partial charge in [0, 0.05) is 18.5 Å². The van der Waals surface area contributed by atoms with Crippen LogP contribution in [0, 0.1) is 3.57 Å². The van der Waals surface area contributed by atoms with Gasteiger partial charge in [0.2, 0.25) is 0 Å². The van der Waals surface area contributed by atoms with Gasteiger partial charge in [-0.05, 0) is 22.6 Å². The summed E-state index contributed by atoms with van der Waals surface area (Å²) in [6.45, 7) is 1.75. The summed E-state index contributed by atoms with van der Waals surface area (Å²) in [4.78, 5) is 15.3. The molecule has 84 valence electrons. The number of nitrogens with zero attached hydrogens (tertiary/aromatic N) is 2. The molecule has 5 nitrogen and oxygen atoms in total. The van der Waals surface area contributed by atoms with Crippen molar-refractivity contribution in [2.24, 2.45) is 0 Å². The molecule has 0 fully saturated rings. The Hall–Kier alpha value is -0.440. The molecule has 0 saturated carbocycles. The van der Waals surface area contributed by atoms with E-state index < -0.39 is 9.84 Å². The Morgan fingerprint density at radius 3 is 2.80 bits per heavy atom. The molecule has 0 radical (unpaired) electrons. The maximum absolute atomic E-state index is 11.5. The molecule has 0 aliphatic carbocycles.